The number of carbonyl (C=O) groups excluding carboxylic acids is 2. The second kappa shape index (κ2) is 3.07. The molecule has 3 unspecified atom stereocenters. The lowest BCUT2D eigenvalue weighted by atomic mass is 9.65. The molecule has 0 aromatic heterocycles. The quantitative estimate of drug-likeness (QED) is 0.595. The Balaban J connectivity index is 2.31. The SMILES string of the molecule is CC1CCCC12CC(=O)NC(=O)C2C. The van der Waals surface area contributed by atoms with Crippen molar-refractivity contribution in [2.45, 2.75) is 39.5 Å². The van der Waals surface area contributed by atoms with E-state index in [9.17, 15) is 9.59 Å². The van der Waals surface area contributed by atoms with E-state index < -0.39 is 0 Å². The molecule has 0 bridgehead atoms. The highest BCUT2D eigenvalue weighted by atomic mass is 16.2. The third-order valence-corrected chi connectivity index (χ3v) is 4.27. The molecule has 1 spiro atoms. The van der Waals surface area contributed by atoms with Crippen molar-refractivity contribution in [2.75, 3.05) is 0 Å². The molecule has 2 amide bonds. The van der Waals surface area contributed by atoms with Crippen molar-refractivity contribution in [1.29, 1.82) is 0 Å². The summed E-state index contributed by atoms with van der Waals surface area (Å²) < 4.78 is 0. The maximum atomic E-state index is 11.6. The Labute approximate surface area is 84.2 Å². The van der Waals surface area contributed by atoms with Gasteiger partial charge in [-0.2, -0.15) is 0 Å². The molecule has 0 radical (unpaired) electrons. The van der Waals surface area contributed by atoms with Crippen LogP contribution >= 0.6 is 0 Å². The molecule has 3 nitrogen and oxygen atoms in total. The minimum Gasteiger partial charge on any atom is -0.296 e. The topological polar surface area (TPSA) is 46.2 Å². The first-order valence-corrected chi connectivity index (χ1v) is 5.40. The van der Waals surface area contributed by atoms with Crippen molar-refractivity contribution in [3.63, 3.8) is 0 Å². The van der Waals surface area contributed by atoms with Gasteiger partial charge in [0.05, 0.1) is 0 Å². The summed E-state index contributed by atoms with van der Waals surface area (Å²) in [4.78, 5) is 23.0. The Bertz CT molecular complexity index is 287. The van der Waals surface area contributed by atoms with Gasteiger partial charge in [0.1, 0.15) is 0 Å². The van der Waals surface area contributed by atoms with E-state index in [1.165, 1.54) is 0 Å². The van der Waals surface area contributed by atoms with Crippen LogP contribution in [-0.4, -0.2) is 11.8 Å². The van der Waals surface area contributed by atoms with Gasteiger partial charge in [0.25, 0.3) is 0 Å². The monoisotopic (exact) mass is 195 g/mol. The summed E-state index contributed by atoms with van der Waals surface area (Å²) in [5.41, 5.74) is -0.0284. The van der Waals surface area contributed by atoms with Gasteiger partial charge in [0.2, 0.25) is 11.8 Å². The molecule has 2 rings (SSSR count). The van der Waals surface area contributed by atoms with Crippen molar-refractivity contribution in [2.24, 2.45) is 17.3 Å². The van der Waals surface area contributed by atoms with Crippen molar-refractivity contribution < 1.29 is 9.59 Å². The molecule has 1 aliphatic carbocycles. The first kappa shape index (κ1) is 9.69. The van der Waals surface area contributed by atoms with Crippen LogP contribution in [0.15, 0.2) is 0 Å². The zero-order valence-corrected chi connectivity index (χ0v) is 8.80. The molecular weight excluding hydrogens is 178 g/mol. The van der Waals surface area contributed by atoms with Crippen LogP contribution in [0.2, 0.25) is 0 Å². The fourth-order valence-electron chi connectivity index (χ4n) is 3.18. The van der Waals surface area contributed by atoms with Crippen LogP contribution < -0.4 is 5.32 Å². The van der Waals surface area contributed by atoms with E-state index in [0.717, 1.165) is 19.3 Å². The molecule has 1 N–H and O–H groups in total. The number of carbonyl (C=O) groups is 2. The maximum Gasteiger partial charge on any atom is 0.229 e. The normalized spacial score (nSPS) is 43.0. The predicted octanol–water partition coefficient (Wildman–Crippen LogP) is 1.48. The molecule has 14 heavy (non-hydrogen) atoms. The minimum atomic E-state index is -0.0816. The van der Waals surface area contributed by atoms with Crippen LogP contribution in [0.25, 0.3) is 0 Å². The van der Waals surface area contributed by atoms with E-state index in [4.69, 9.17) is 0 Å². The Morgan fingerprint density at radius 2 is 2.07 bits per heavy atom. The first-order valence-electron chi connectivity index (χ1n) is 5.40. The van der Waals surface area contributed by atoms with Crippen LogP contribution in [0, 0.1) is 17.3 Å². The van der Waals surface area contributed by atoms with Crippen molar-refractivity contribution >= 4 is 11.8 Å². The highest BCUT2D eigenvalue weighted by Gasteiger charge is 2.51. The van der Waals surface area contributed by atoms with Crippen LogP contribution in [0.4, 0.5) is 0 Å². The third-order valence-electron chi connectivity index (χ3n) is 4.27. The number of imide groups is 1. The van der Waals surface area contributed by atoms with Crippen LogP contribution in [0.5, 0.6) is 0 Å². The molecule has 1 aliphatic heterocycles. The van der Waals surface area contributed by atoms with Gasteiger partial charge in [0.15, 0.2) is 0 Å². The summed E-state index contributed by atoms with van der Waals surface area (Å²) in [6.45, 7) is 4.14. The van der Waals surface area contributed by atoms with Crippen LogP contribution in [-0.2, 0) is 9.59 Å². The molecule has 0 aromatic carbocycles. The molecule has 3 heteroatoms. The second-order valence-electron chi connectivity index (χ2n) is 4.84. The molecule has 1 saturated heterocycles. The Morgan fingerprint density at radius 1 is 1.36 bits per heavy atom. The smallest absolute Gasteiger partial charge is 0.229 e. The molecule has 1 heterocycles. The molecule has 78 valence electrons. The van der Waals surface area contributed by atoms with Crippen molar-refractivity contribution in [1.82, 2.24) is 5.32 Å². The zero-order chi connectivity index (χ0) is 10.3. The van der Waals surface area contributed by atoms with Gasteiger partial charge in [-0.25, -0.2) is 0 Å². The second-order valence-corrected chi connectivity index (χ2v) is 4.84. The predicted molar refractivity (Wildman–Crippen MR) is 52.4 cm³/mol. The fourth-order valence-corrected chi connectivity index (χ4v) is 3.18. The average molecular weight is 195 g/mol. The largest absolute Gasteiger partial charge is 0.296 e. The third kappa shape index (κ3) is 1.18. The maximum absolute atomic E-state index is 11.6. The highest BCUT2D eigenvalue weighted by molar-refractivity contribution is 5.99. The summed E-state index contributed by atoms with van der Waals surface area (Å²) in [5, 5.41) is 2.42. The van der Waals surface area contributed by atoms with Gasteiger partial charge >= 0.3 is 0 Å². The number of piperidine rings is 1. The summed E-state index contributed by atoms with van der Waals surface area (Å²) in [6.07, 6.45) is 3.90. The molecule has 0 aromatic rings. The Hall–Kier alpha value is -0.860. The number of amides is 2. The van der Waals surface area contributed by atoms with Crippen LogP contribution in [0.1, 0.15) is 39.5 Å². The van der Waals surface area contributed by atoms with Gasteiger partial charge < -0.3 is 0 Å². The van der Waals surface area contributed by atoms with E-state index in [1.807, 2.05) is 6.92 Å². The standard InChI is InChI=1S/C11H17NO2/c1-7-4-3-5-11(7)6-9(13)12-10(14)8(11)2/h7-8H,3-6H2,1-2H3,(H,12,13,14). The van der Waals surface area contributed by atoms with E-state index in [-0.39, 0.29) is 23.1 Å². The Kier molecular flexibility index (Phi) is 2.13. The number of hydrogen-bond acceptors (Lipinski definition) is 2. The summed E-state index contributed by atoms with van der Waals surface area (Å²) in [6, 6.07) is 0. The zero-order valence-electron chi connectivity index (χ0n) is 8.80. The van der Waals surface area contributed by atoms with Gasteiger partial charge in [-0.15, -0.1) is 0 Å². The lowest BCUT2D eigenvalue weighted by Gasteiger charge is -2.41. The van der Waals surface area contributed by atoms with Gasteiger partial charge in [-0.3, -0.25) is 14.9 Å². The molecule has 2 aliphatic rings. The lowest BCUT2D eigenvalue weighted by molar-refractivity contribution is -0.144. The summed E-state index contributed by atoms with van der Waals surface area (Å²) in [7, 11) is 0. The average Bonchev–Trinajstić information content (AvgIpc) is 2.45. The highest BCUT2D eigenvalue weighted by Crippen LogP contribution is 2.52. The Morgan fingerprint density at radius 3 is 2.64 bits per heavy atom. The van der Waals surface area contributed by atoms with E-state index in [0.29, 0.717) is 12.3 Å². The summed E-state index contributed by atoms with van der Waals surface area (Å²) in [5.74, 6) is 0.349. The number of rotatable bonds is 0. The first-order chi connectivity index (χ1) is 6.56. The van der Waals surface area contributed by atoms with Gasteiger partial charge in [0, 0.05) is 12.3 Å². The molecule has 1 saturated carbocycles. The number of hydrogen-bond donors (Lipinski definition) is 1. The van der Waals surface area contributed by atoms with Crippen LogP contribution in [0.3, 0.4) is 0 Å². The lowest BCUT2D eigenvalue weighted by Crippen LogP contribution is -2.52. The van der Waals surface area contributed by atoms with Gasteiger partial charge in [-0.1, -0.05) is 26.7 Å². The minimum absolute atomic E-state index is 0.00213. The number of nitrogens with one attached hydrogen (secondary N) is 1. The fraction of sp³-hybridized carbons (Fsp3) is 0.818. The molecule has 3 atom stereocenters. The van der Waals surface area contributed by atoms with E-state index in [2.05, 4.69) is 12.2 Å². The van der Waals surface area contributed by atoms with Gasteiger partial charge in [-0.05, 0) is 17.8 Å². The summed E-state index contributed by atoms with van der Waals surface area (Å²) >= 11 is 0. The van der Waals surface area contributed by atoms with E-state index in [1.54, 1.807) is 0 Å². The van der Waals surface area contributed by atoms with Crippen molar-refractivity contribution in [3.05, 3.63) is 0 Å². The van der Waals surface area contributed by atoms with E-state index >= 15 is 0 Å². The molecule has 2 fully saturated rings. The van der Waals surface area contributed by atoms with Crippen molar-refractivity contribution in [3.8, 4) is 0 Å². The molecular formula is C11H17NO2.